The Hall–Kier alpha value is -3.39. The number of halogens is 2. The zero-order valence-electron chi connectivity index (χ0n) is 20.9. The Bertz CT molecular complexity index is 1490. The van der Waals surface area contributed by atoms with E-state index in [0.717, 1.165) is 22.5 Å². The van der Waals surface area contributed by atoms with Crippen LogP contribution in [0, 0.1) is 13.8 Å². The zero-order chi connectivity index (χ0) is 26.8. The summed E-state index contributed by atoms with van der Waals surface area (Å²) in [5.74, 6) is 1.18. The second-order valence-corrected chi connectivity index (χ2v) is 10.4. The van der Waals surface area contributed by atoms with Gasteiger partial charge in [0.1, 0.15) is 17.6 Å². The number of aryl methyl sites for hydroxylation is 2. The minimum absolute atomic E-state index is 0.0904. The number of anilines is 1. The molecule has 1 saturated heterocycles. The molecule has 1 amide bonds. The Balaban J connectivity index is 1.42. The number of nitrogens with one attached hydrogen (secondary N) is 2. The fourth-order valence-electron chi connectivity index (χ4n) is 4.61. The quantitative estimate of drug-likeness (QED) is 0.230. The normalized spacial score (nSPS) is 16.9. The summed E-state index contributed by atoms with van der Waals surface area (Å²) >= 11 is 18.4. The Morgan fingerprint density at radius 3 is 2.74 bits per heavy atom. The van der Waals surface area contributed by atoms with Crippen LogP contribution in [0.5, 0.6) is 0 Å². The van der Waals surface area contributed by atoms with Crippen molar-refractivity contribution in [2.75, 3.05) is 11.9 Å². The number of amides is 1. The van der Waals surface area contributed by atoms with Gasteiger partial charge in [-0.05, 0) is 79.7 Å². The van der Waals surface area contributed by atoms with Gasteiger partial charge in [-0.2, -0.15) is 0 Å². The van der Waals surface area contributed by atoms with Crippen LogP contribution in [0.2, 0.25) is 10.0 Å². The van der Waals surface area contributed by atoms with Crippen molar-refractivity contribution in [1.29, 1.82) is 0 Å². The first-order valence-electron chi connectivity index (χ1n) is 12.2. The van der Waals surface area contributed by atoms with Gasteiger partial charge in [-0.15, -0.1) is 0 Å². The molecule has 0 radical (unpaired) electrons. The summed E-state index contributed by atoms with van der Waals surface area (Å²) in [7, 11) is 0. The standard InChI is InChI=1S/C29H26Cl2N4O2S/c1-17-9-10-18(2)22(16-17)33-25(36)13-15-35-28(27(34-29(35)38)21-8-3-4-14-32-21)24-12-11-23(37-24)19-6-5-7-20(30)26(19)31/h3-12,14,16,27-28H,13,15H2,1-2H3,(H,33,36)(H,34,38). The van der Waals surface area contributed by atoms with E-state index in [1.165, 1.54) is 0 Å². The van der Waals surface area contributed by atoms with Crippen LogP contribution in [0.4, 0.5) is 5.69 Å². The lowest BCUT2D eigenvalue weighted by Crippen LogP contribution is -2.32. The van der Waals surface area contributed by atoms with Gasteiger partial charge in [0.15, 0.2) is 5.11 Å². The van der Waals surface area contributed by atoms with Crippen LogP contribution in [0.1, 0.15) is 41.1 Å². The minimum atomic E-state index is -0.322. The van der Waals surface area contributed by atoms with Gasteiger partial charge >= 0.3 is 0 Å². The number of benzene rings is 2. The maximum atomic E-state index is 12.9. The van der Waals surface area contributed by atoms with Gasteiger partial charge in [0.2, 0.25) is 5.91 Å². The van der Waals surface area contributed by atoms with E-state index in [-0.39, 0.29) is 24.4 Å². The van der Waals surface area contributed by atoms with Crippen molar-refractivity contribution in [3.05, 3.63) is 106 Å². The summed E-state index contributed by atoms with van der Waals surface area (Å²) < 4.78 is 6.34. The van der Waals surface area contributed by atoms with Crippen molar-refractivity contribution >= 4 is 52.1 Å². The Labute approximate surface area is 237 Å². The molecular weight excluding hydrogens is 539 g/mol. The lowest BCUT2D eigenvalue weighted by Gasteiger charge is -2.26. The topological polar surface area (TPSA) is 70.4 Å². The fraction of sp³-hybridized carbons (Fsp3) is 0.207. The number of hydrogen-bond donors (Lipinski definition) is 2. The number of nitrogens with zero attached hydrogens (tertiary/aromatic N) is 2. The van der Waals surface area contributed by atoms with E-state index in [4.69, 9.17) is 39.8 Å². The third-order valence-corrected chi connectivity index (χ3v) is 7.75. The van der Waals surface area contributed by atoms with Crippen LogP contribution >= 0.6 is 35.4 Å². The predicted octanol–water partition coefficient (Wildman–Crippen LogP) is 7.27. The highest BCUT2D eigenvalue weighted by Gasteiger charge is 2.41. The summed E-state index contributed by atoms with van der Waals surface area (Å²) in [5, 5.41) is 7.83. The largest absolute Gasteiger partial charge is 0.459 e. The van der Waals surface area contributed by atoms with E-state index in [2.05, 4.69) is 15.6 Å². The summed E-state index contributed by atoms with van der Waals surface area (Å²) in [4.78, 5) is 19.5. The Morgan fingerprint density at radius 1 is 1.11 bits per heavy atom. The van der Waals surface area contributed by atoms with Gasteiger partial charge in [0.25, 0.3) is 0 Å². The molecular formula is C29H26Cl2N4O2S. The number of carbonyl (C=O) groups excluding carboxylic acids is 1. The summed E-state index contributed by atoms with van der Waals surface area (Å²) in [5.41, 5.74) is 4.43. The second kappa shape index (κ2) is 11.2. The summed E-state index contributed by atoms with van der Waals surface area (Å²) in [6.45, 7) is 4.37. The zero-order valence-corrected chi connectivity index (χ0v) is 23.2. The monoisotopic (exact) mass is 564 g/mol. The molecule has 2 unspecified atom stereocenters. The highest BCUT2D eigenvalue weighted by Crippen LogP contribution is 2.42. The number of hydrogen-bond acceptors (Lipinski definition) is 4. The van der Waals surface area contributed by atoms with Crippen LogP contribution in [0.25, 0.3) is 11.3 Å². The smallest absolute Gasteiger partial charge is 0.226 e. The molecule has 9 heteroatoms. The van der Waals surface area contributed by atoms with E-state index in [1.54, 1.807) is 12.3 Å². The minimum Gasteiger partial charge on any atom is -0.459 e. The van der Waals surface area contributed by atoms with Crippen molar-refractivity contribution < 1.29 is 9.21 Å². The molecule has 3 heterocycles. The van der Waals surface area contributed by atoms with Gasteiger partial charge in [0.05, 0.1) is 21.8 Å². The number of thiocarbonyl (C=S) groups is 1. The third kappa shape index (κ3) is 5.41. The average Bonchev–Trinajstić information content (AvgIpc) is 3.51. The molecule has 1 fully saturated rings. The number of carbonyl (C=O) groups is 1. The van der Waals surface area contributed by atoms with Gasteiger partial charge in [-0.3, -0.25) is 9.78 Å². The number of pyridine rings is 1. The molecule has 2 aromatic heterocycles. The summed E-state index contributed by atoms with van der Waals surface area (Å²) in [6.07, 6.45) is 1.99. The molecule has 4 aromatic rings. The molecule has 2 aromatic carbocycles. The molecule has 1 aliphatic rings. The third-order valence-electron chi connectivity index (χ3n) is 6.58. The van der Waals surface area contributed by atoms with Gasteiger partial charge < -0.3 is 20.0 Å². The molecule has 0 bridgehead atoms. The van der Waals surface area contributed by atoms with E-state index in [0.29, 0.717) is 38.8 Å². The Morgan fingerprint density at radius 2 is 1.95 bits per heavy atom. The molecule has 38 heavy (non-hydrogen) atoms. The molecule has 0 aliphatic carbocycles. The first-order chi connectivity index (χ1) is 18.3. The maximum absolute atomic E-state index is 12.9. The average molecular weight is 566 g/mol. The number of furan rings is 1. The predicted molar refractivity (Wildman–Crippen MR) is 155 cm³/mol. The Kier molecular flexibility index (Phi) is 7.70. The molecule has 5 rings (SSSR count). The first-order valence-corrected chi connectivity index (χ1v) is 13.4. The highest BCUT2D eigenvalue weighted by molar-refractivity contribution is 7.80. The van der Waals surface area contributed by atoms with Crippen molar-refractivity contribution in [2.24, 2.45) is 0 Å². The van der Waals surface area contributed by atoms with Gasteiger partial charge in [0, 0.05) is 30.4 Å². The van der Waals surface area contributed by atoms with Crippen LogP contribution < -0.4 is 10.6 Å². The van der Waals surface area contributed by atoms with Crippen molar-refractivity contribution in [1.82, 2.24) is 15.2 Å². The number of aromatic nitrogens is 1. The molecule has 194 valence electrons. The molecule has 1 aliphatic heterocycles. The maximum Gasteiger partial charge on any atom is 0.226 e. The molecule has 2 atom stereocenters. The second-order valence-electron chi connectivity index (χ2n) is 9.24. The van der Waals surface area contributed by atoms with Crippen molar-refractivity contribution in [2.45, 2.75) is 32.4 Å². The van der Waals surface area contributed by atoms with Crippen LogP contribution in [0.15, 0.2) is 77.3 Å². The molecule has 6 nitrogen and oxygen atoms in total. The first kappa shape index (κ1) is 26.2. The molecule has 0 spiro atoms. The summed E-state index contributed by atoms with van der Waals surface area (Å²) in [6, 6.07) is 20.4. The molecule has 0 saturated carbocycles. The fourth-order valence-corrected chi connectivity index (χ4v) is 5.34. The van der Waals surface area contributed by atoms with E-state index >= 15 is 0 Å². The lowest BCUT2D eigenvalue weighted by molar-refractivity contribution is -0.116. The number of rotatable bonds is 7. The SMILES string of the molecule is Cc1ccc(C)c(NC(=O)CCN2C(=S)NC(c3ccccn3)C2c2ccc(-c3cccc(Cl)c3Cl)o2)c1. The van der Waals surface area contributed by atoms with Crippen LogP contribution in [-0.2, 0) is 4.79 Å². The van der Waals surface area contributed by atoms with Gasteiger partial charge in [-0.1, -0.05) is 47.5 Å². The van der Waals surface area contributed by atoms with Crippen LogP contribution in [0.3, 0.4) is 0 Å². The highest BCUT2D eigenvalue weighted by atomic mass is 35.5. The van der Waals surface area contributed by atoms with E-state index in [1.807, 2.05) is 79.4 Å². The van der Waals surface area contributed by atoms with E-state index < -0.39 is 0 Å². The molecule has 2 N–H and O–H groups in total. The van der Waals surface area contributed by atoms with Gasteiger partial charge in [-0.25, -0.2) is 0 Å². The van der Waals surface area contributed by atoms with Crippen molar-refractivity contribution in [3.8, 4) is 11.3 Å². The van der Waals surface area contributed by atoms with E-state index in [9.17, 15) is 4.79 Å². The van der Waals surface area contributed by atoms with Crippen molar-refractivity contribution in [3.63, 3.8) is 0 Å². The lowest BCUT2D eigenvalue weighted by atomic mass is 10.0. The van der Waals surface area contributed by atoms with Crippen LogP contribution in [-0.4, -0.2) is 27.4 Å².